The van der Waals surface area contributed by atoms with E-state index in [4.69, 9.17) is 51.1 Å². The standard InChI is InChI=1S/C23H13Cl4NO3S/c24-16-7-6-13(8-17(16)25)12-31-21-18(26)9-14(10-19(21)27)11-20-22(29)28(23(30)32-20)15-4-2-1-3-5-15/h1-11H,12H2/b20-11-. The normalized spacial score (nSPS) is 15.0. The number of para-hydroxylation sites is 1. The van der Waals surface area contributed by atoms with Gasteiger partial charge in [-0.3, -0.25) is 9.59 Å². The van der Waals surface area contributed by atoms with E-state index < -0.39 is 5.91 Å². The van der Waals surface area contributed by atoms with E-state index in [9.17, 15) is 9.59 Å². The van der Waals surface area contributed by atoms with Crippen molar-refractivity contribution in [2.45, 2.75) is 6.61 Å². The Hall–Kier alpha value is -2.15. The SMILES string of the molecule is O=C1S/C(=C\c2cc(Cl)c(OCc3ccc(Cl)c(Cl)c3)c(Cl)c2)C(=O)N1c1ccccc1. The molecule has 0 saturated carbocycles. The largest absolute Gasteiger partial charge is 0.486 e. The van der Waals surface area contributed by atoms with Crippen molar-refractivity contribution in [1.29, 1.82) is 0 Å². The van der Waals surface area contributed by atoms with Crippen molar-refractivity contribution in [2.24, 2.45) is 0 Å². The van der Waals surface area contributed by atoms with E-state index in [1.807, 2.05) is 6.07 Å². The molecular weight excluding hydrogens is 512 g/mol. The quantitative estimate of drug-likeness (QED) is 0.316. The average Bonchev–Trinajstić information content (AvgIpc) is 3.03. The van der Waals surface area contributed by atoms with E-state index in [2.05, 4.69) is 0 Å². The molecule has 1 saturated heterocycles. The molecule has 0 spiro atoms. The van der Waals surface area contributed by atoms with Gasteiger partial charge in [-0.1, -0.05) is 70.7 Å². The fraction of sp³-hybridized carbons (Fsp3) is 0.0435. The lowest BCUT2D eigenvalue weighted by atomic mass is 10.2. The third-order valence-electron chi connectivity index (χ3n) is 4.49. The average molecular weight is 525 g/mol. The number of hydrogen-bond donors (Lipinski definition) is 0. The van der Waals surface area contributed by atoms with Crippen LogP contribution in [0.4, 0.5) is 10.5 Å². The fourth-order valence-electron chi connectivity index (χ4n) is 3.00. The highest BCUT2D eigenvalue weighted by atomic mass is 35.5. The summed E-state index contributed by atoms with van der Waals surface area (Å²) in [6, 6.07) is 17.1. The van der Waals surface area contributed by atoms with Gasteiger partial charge in [0, 0.05) is 0 Å². The molecule has 0 atom stereocenters. The summed E-state index contributed by atoms with van der Waals surface area (Å²) in [5.41, 5.74) is 1.88. The van der Waals surface area contributed by atoms with Crippen molar-refractivity contribution in [1.82, 2.24) is 0 Å². The van der Waals surface area contributed by atoms with Crippen LogP contribution in [-0.2, 0) is 11.4 Å². The van der Waals surface area contributed by atoms with Gasteiger partial charge < -0.3 is 4.74 Å². The van der Waals surface area contributed by atoms with Crippen molar-refractivity contribution in [3.63, 3.8) is 0 Å². The number of amides is 2. The minimum atomic E-state index is -0.404. The molecule has 1 heterocycles. The van der Waals surface area contributed by atoms with Gasteiger partial charge >= 0.3 is 0 Å². The van der Waals surface area contributed by atoms with Crippen LogP contribution in [0.5, 0.6) is 5.75 Å². The molecule has 0 unspecified atom stereocenters. The Bertz CT molecular complexity index is 1220. The van der Waals surface area contributed by atoms with Gasteiger partial charge in [-0.15, -0.1) is 0 Å². The highest BCUT2D eigenvalue weighted by Crippen LogP contribution is 2.39. The van der Waals surface area contributed by atoms with Gasteiger partial charge in [-0.05, 0) is 65.4 Å². The third-order valence-corrected chi connectivity index (χ3v) is 6.66. The lowest BCUT2D eigenvalue weighted by Gasteiger charge is -2.12. The van der Waals surface area contributed by atoms with Gasteiger partial charge in [0.25, 0.3) is 11.1 Å². The topological polar surface area (TPSA) is 46.6 Å². The predicted molar refractivity (Wildman–Crippen MR) is 132 cm³/mol. The Morgan fingerprint density at radius 1 is 0.844 bits per heavy atom. The second-order valence-electron chi connectivity index (χ2n) is 6.70. The molecule has 4 rings (SSSR count). The minimum absolute atomic E-state index is 0.186. The zero-order valence-corrected chi connectivity index (χ0v) is 20.0. The first-order valence-corrected chi connectivity index (χ1v) is 11.5. The zero-order valence-electron chi connectivity index (χ0n) is 16.2. The Morgan fingerprint density at radius 2 is 1.53 bits per heavy atom. The van der Waals surface area contributed by atoms with Gasteiger partial charge in [0.1, 0.15) is 6.61 Å². The molecule has 0 aromatic heterocycles. The fourth-order valence-corrected chi connectivity index (χ4v) is 4.78. The zero-order chi connectivity index (χ0) is 22.8. The molecule has 3 aromatic carbocycles. The van der Waals surface area contributed by atoms with Crippen LogP contribution in [0.25, 0.3) is 6.08 Å². The molecule has 162 valence electrons. The predicted octanol–water partition coefficient (Wildman–Crippen LogP) is 8.12. The molecular formula is C23H13Cl4NO3S. The summed E-state index contributed by atoms with van der Waals surface area (Å²) < 4.78 is 5.77. The number of halogens is 4. The second-order valence-corrected chi connectivity index (χ2v) is 9.33. The maximum Gasteiger partial charge on any atom is 0.298 e. The molecule has 0 N–H and O–H groups in total. The highest BCUT2D eigenvalue weighted by Gasteiger charge is 2.36. The number of nitrogens with zero attached hydrogens (tertiary/aromatic N) is 1. The minimum Gasteiger partial charge on any atom is -0.486 e. The van der Waals surface area contributed by atoms with E-state index in [-0.39, 0.29) is 26.8 Å². The van der Waals surface area contributed by atoms with Crippen LogP contribution in [0.15, 0.2) is 65.6 Å². The molecule has 3 aromatic rings. The van der Waals surface area contributed by atoms with Crippen LogP contribution < -0.4 is 9.64 Å². The van der Waals surface area contributed by atoms with Crippen LogP contribution in [0, 0.1) is 0 Å². The summed E-state index contributed by atoms with van der Waals surface area (Å²) in [5.74, 6) is -0.104. The molecule has 0 radical (unpaired) electrons. The maximum atomic E-state index is 12.8. The Morgan fingerprint density at radius 3 is 2.19 bits per heavy atom. The van der Waals surface area contributed by atoms with E-state index in [1.165, 1.54) is 0 Å². The van der Waals surface area contributed by atoms with Crippen molar-refractivity contribution in [2.75, 3.05) is 4.90 Å². The molecule has 0 bridgehead atoms. The Balaban J connectivity index is 1.54. The summed E-state index contributed by atoms with van der Waals surface area (Å²) >= 11 is 25.6. The molecule has 1 aliphatic heterocycles. The van der Waals surface area contributed by atoms with Gasteiger partial charge in [0.15, 0.2) is 5.75 Å². The lowest BCUT2D eigenvalue weighted by Crippen LogP contribution is -2.27. The van der Waals surface area contributed by atoms with Crippen molar-refractivity contribution in [3.05, 3.63) is 96.8 Å². The first-order chi connectivity index (χ1) is 15.3. The highest BCUT2D eigenvalue weighted by molar-refractivity contribution is 8.19. The number of thioether (sulfide) groups is 1. The van der Waals surface area contributed by atoms with Crippen molar-refractivity contribution in [3.8, 4) is 5.75 Å². The summed E-state index contributed by atoms with van der Waals surface area (Å²) in [6.45, 7) is 0.186. The molecule has 1 aliphatic rings. The maximum absolute atomic E-state index is 12.8. The Labute approximate surface area is 208 Å². The number of ether oxygens (including phenoxy) is 1. The van der Waals surface area contributed by atoms with E-state index in [1.54, 1.807) is 60.7 Å². The van der Waals surface area contributed by atoms with Gasteiger partial charge in [0.2, 0.25) is 0 Å². The number of rotatable bonds is 5. The second kappa shape index (κ2) is 9.77. The molecule has 4 nitrogen and oxygen atoms in total. The molecule has 0 aliphatic carbocycles. The van der Waals surface area contributed by atoms with Crippen LogP contribution in [-0.4, -0.2) is 11.1 Å². The first-order valence-electron chi connectivity index (χ1n) is 9.22. The van der Waals surface area contributed by atoms with Crippen molar-refractivity contribution >= 4 is 81.1 Å². The number of carbonyl (C=O) groups excluding carboxylic acids is 2. The summed E-state index contributed by atoms with van der Waals surface area (Å²) in [7, 11) is 0. The molecule has 2 amide bonds. The van der Waals surface area contributed by atoms with Crippen LogP contribution in [0.1, 0.15) is 11.1 Å². The molecule has 9 heteroatoms. The monoisotopic (exact) mass is 523 g/mol. The number of carbonyl (C=O) groups is 2. The molecule has 32 heavy (non-hydrogen) atoms. The smallest absolute Gasteiger partial charge is 0.298 e. The summed E-state index contributed by atoms with van der Waals surface area (Å²) in [6.07, 6.45) is 1.58. The van der Waals surface area contributed by atoms with E-state index >= 15 is 0 Å². The first kappa shape index (κ1) is 23.0. The summed E-state index contributed by atoms with van der Waals surface area (Å²) in [5, 5.41) is 1.04. The van der Waals surface area contributed by atoms with Gasteiger partial charge in [-0.25, -0.2) is 4.90 Å². The van der Waals surface area contributed by atoms with Gasteiger partial charge in [0.05, 0.1) is 30.7 Å². The number of anilines is 1. The van der Waals surface area contributed by atoms with Crippen LogP contribution >= 0.6 is 58.2 Å². The number of hydrogen-bond acceptors (Lipinski definition) is 4. The number of imide groups is 1. The van der Waals surface area contributed by atoms with Gasteiger partial charge in [-0.2, -0.15) is 0 Å². The number of benzene rings is 3. The lowest BCUT2D eigenvalue weighted by molar-refractivity contribution is -0.113. The summed E-state index contributed by atoms with van der Waals surface area (Å²) in [4.78, 5) is 26.6. The van der Waals surface area contributed by atoms with Crippen LogP contribution in [0.3, 0.4) is 0 Å². The Kier molecular flexibility index (Phi) is 7.03. The van der Waals surface area contributed by atoms with E-state index in [0.717, 1.165) is 22.2 Å². The van der Waals surface area contributed by atoms with E-state index in [0.29, 0.717) is 27.0 Å². The van der Waals surface area contributed by atoms with Crippen molar-refractivity contribution < 1.29 is 14.3 Å². The van der Waals surface area contributed by atoms with Crippen LogP contribution in [0.2, 0.25) is 20.1 Å². The third kappa shape index (κ3) is 4.92. The molecule has 1 fully saturated rings.